The maximum atomic E-state index is 12.5. The molecule has 4 rings (SSSR count). The van der Waals surface area contributed by atoms with Gasteiger partial charge in [-0.05, 0) is 17.5 Å². The van der Waals surface area contributed by atoms with Gasteiger partial charge in [0, 0.05) is 50.8 Å². The van der Waals surface area contributed by atoms with Crippen LogP contribution in [0.3, 0.4) is 0 Å². The van der Waals surface area contributed by atoms with E-state index in [1.807, 2.05) is 35.2 Å². The van der Waals surface area contributed by atoms with E-state index in [-0.39, 0.29) is 17.6 Å². The van der Waals surface area contributed by atoms with Gasteiger partial charge in [0.05, 0.1) is 6.54 Å². The molecule has 6 nitrogen and oxygen atoms in total. The van der Waals surface area contributed by atoms with Crippen LogP contribution in [0.2, 0.25) is 0 Å². The number of nitrogens with two attached hydrogens (primary N) is 1. The first kappa shape index (κ1) is 18.7. The van der Waals surface area contributed by atoms with E-state index in [0.29, 0.717) is 18.9 Å². The Morgan fingerprint density at radius 2 is 1.93 bits per heavy atom. The van der Waals surface area contributed by atoms with Gasteiger partial charge in [-0.3, -0.25) is 4.90 Å². The zero-order chi connectivity index (χ0) is 19.6. The third-order valence-electron chi connectivity index (χ3n) is 5.99. The number of ether oxygens (including phenoxy) is 1. The summed E-state index contributed by atoms with van der Waals surface area (Å²) in [7, 11) is 0. The number of hydrogen-bond donors (Lipinski definition) is 1. The number of carbonyl (C=O) groups is 1. The van der Waals surface area contributed by atoms with Crippen molar-refractivity contribution in [3.05, 3.63) is 59.8 Å². The minimum absolute atomic E-state index is 0.173. The van der Waals surface area contributed by atoms with Crippen molar-refractivity contribution < 1.29 is 9.53 Å². The van der Waals surface area contributed by atoms with Crippen molar-refractivity contribution in [1.82, 2.24) is 14.8 Å². The highest BCUT2D eigenvalue weighted by Crippen LogP contribution is 2.35. The van der Waals surface area contributed by atoms with Gasteiger partial charge in [0.1, 0.15) is 11.4 Å². The SMILES string of the molecule is C[C@@H](CN1CC2(CCN(Cc3cccnc3N)CC2)OC1=O)c1ccccc1. The molecule has 2 aliphatic heterocycles. The lowest BCUT2D eigenvalue weighted by molar-refractivity contribution is -0.00120. The van der Waals surface area contributed by atoms with Crippen LogP contribution in [0.25, 0.3) is 0 Å². The van der Waals surface area contributed by atoms with Crippen LogP contribution in [0.5, 0.6) is 0 Å². The van der Waals surface area contributed by atoms with Crippen molar-refractivity contribution in [1.29, 1.82) is 0 Å². The van der Waals surface area contributed by atoms with Crippen molar-refractivity contribution in [3.63, 3.8) is 0 Å². The molecule has 6 heteroatoms. The molecule has 1 aromatic carbocycles. The fourth-order valence-corrected chi connectivity index (χ4v) is 4.26. The Balaban J connectivity index is 1.33. The first-order valence-electron chi connectivity index (χ1n) is 9.99. The molecule has 2 aromatic rings. The second-order valence-electron chi connectivity index (χ2n) is 8.07. The van der Waals surface area contributed by atoms with Crippen LogP contribution in [0, 0.1) is 0 Å². The molecule has 0 radical (unpaired) electrons. The lowest BCUT2D eigenvalue weighted by atomic mass is 9.90. The predicted octanol–water partition coefficient (Wildman–Crippen LogP) is 3.25. The molecule has 1 atom stereocenters. The van der Waals surface area contributed by atoms with Crippen LogP contribution < -0.4 is 5.73 Å². The largest absolute Gasteiger partial charge is 0.441 e. The van der Waals surface area contributed by atoms with Gasteiger partial charge in [-0.2, -0.15) is 0 Å². The van der Waals surface area contributed by atoms with Crippen LogP contribution in [0.1, 0.15) is 36.8 Å². The van der Waals surface area contributed by atoms with Crippen LogP contribution in [0.4, 0.5) is 10.6 Å². The van der Waals surface area contributed by atoms with E-state index in [2.05, 4.69) is 28.9 Å². The predicted molar refractivity (Wildman–Crippen MR) is 109 cm³/mol. The van der Waals surface area contributed by atoms with Crippen molar-refractivity contribution in [2.45, 2.75) is 37.8 Å². The lowest BCUT2D eigenvalue weighted by Crippen LogP contribution is -2.46. The Morgan fingerprint density at radius 1 is 1.18 bits per heavy atom. The molecular weight excluding hydrogens is 352 g/mol. The molecule has 1 spiro atoms. The Morgan fingerprint density at radius 3 is 2.64 bits per heavy atom. The van der Waals surface area contributed by atoms with E-state index in [0.717, 1.165) is 38.0 Å². The van der Waals surface area contributed by atoms with E-state index in [1.165, 1.54) is 5.56 Å². The minimum atomic E-state index is -0.343. The molecule has 2 N–H and O–H groups in total. The van der Waals surface area contributed by atoms with Crippen molar-refractivity contribution >= 4 is 11.9 Å². The summed E-state index contributed by atoms with van der Waals surface area (Å²) in [5, 5.41) is 0. The van der Waals surface area contributed by atoms with E-state index in [4.69, 9.17) is 10.5 Å². The number of nitrogens with zero attached hydrogens (tertiary/aromatic N) is 3. The molecule has 2 fully saturated rings. The smallest absolute Gasteiger partial charge is 0.410 e. The molecule has 0 saturated carbocycles. The number of pyridine rings is 1. The molecule has 0 unspecified atom stereocenters. The van der Waals surface area contributed by atoms with Crippen LogP contribution in [0.15, 0.2) is 48.7 Å². The normalized spacial score (nSPS) is 20.3. The summed E-state index contributed by atoms with van der Waals surface area (Å²) >= 11 is 0. The number of anilines is 1. The first-order valence-corrected chi connectivity index (χ1v) is 9.99. The highest BCUT2D eigenvalue weighted by molar-refractivity contribution is 5.71. The van der Waals surface area contributed by atoms with Crippen molar-refractivity contribution in [3.8, 4) is 0 Å². The average molecular weight is 380 g/mol. The van der Waals surface area contributed by atoms with Crippen LogP contribution >= 0.6 is 0 Å². The number of carbonyl (C=O) groups excluding carboxylic acids is 1. The lowest BCUT2D eigenvalue weighted by Gasteiger charge is -2.37. The summed E-state index contributed by atoms with van der Waals surface area (Å²) < 4.78 is 5.88. The molecule has 0 bridgehead atoms. The van der Waals surface area contributed by atoms with Gasteiger partial charge >= 0.3 is 6.09 Å². The molecule has 148 valence electrons. The van der Waals surface area contributed by atoms with Crippen molar-refractivity contribution in [2.24, 2.45) is 0 Å². The first-order chi connectivity index (χ1) is 13.5. The van der Waals surface area contributed by atoms with Gasteiger partial charge in [0.25, 0.3) is 0 Å². The van der Waals surface area contributed by atoms with E-state index in [1.54, 1.807) is 6.20 Å². The van der Waals surface area contributed by atoms with Gasteiger partial charge in [-0.15, -0.1) is 0 Å². The highest BCUT2D eigenvalue weighted by atomic mass is 16.6. The number of likely N-dealkylation sites (tertiary alicyclic amines) is 1. The van der Waals surface area contributed by atoms with E-state index in [9.17, 15) is 4.79 Å². The van der Waals surface area contributed by atoms with Gasteiger partial charge in [-0.25, -0.2) is 9.78 Å². The molecule has 2 saturated heterocycles. The minimum Gasteiger partial charge on any atom is -0.441 e. The zero-order valence-electron chi connectivity index (χ0n) is 16.4. The second kappa shape index (κ2) is 7.80. The molecule has 1 aromatic heterocycles. The van der Waals surface area contributed by atoms with E-state index >= 15 is 0 Å². The van der Waals surface area contributed by atoms with Crippen LogP contribution in [-0.2, 0) is 11.3 Å². The van der Waals surface area contributed by atoms with Crippen LogP contribution in [-0.4, -0.2) is 52.7 Å². The number of rotatable bonds is 5. The quantitative estimate of drug-likeness (QED) is 0.862. The second-order valence-corrected chi connectivity index (χ2v) is 8.07. The van der Waals surface area contributed by atoms with Gasteiger partial charge < -0.3 is 15.4 Å². The molecular formula is C22H28N4O2. The number of piperidine rings is 1. The number of nitrogen functional groups attached to an aromatic ring is 1. The molecule has 3 heterocycles. The highest BCUT2D eigenvalue weighted by Gasteiger charge is 2.47. The third-order valence-corrected chi connectivity index (χ3v) is 5.99. The number of hydrogen-bond acceptors (Lipinski definition) is 5. The fraction of sp³-hybridized carbons (Fsp3) is 0.455. The Kier molecular flexibility index (Phi) is 5.22. The fourth-order valence-electron chi connectivity index (χ4n) is 4.26. The summed E-state index contributed by atoms with van der Waals surface area (Å²) in [6, 6.07) is 14.3. The van der Waals surface area contributed by atoms with E-state index < -0.39 is 0 Å². The monoisotopic (exact) mass is 380 g/mol. The molecule has 1 amide bonds. The zero-order valence-corrected chi connectivity index (χ0v) is 16.4. The topological polar surface area (TPSA) is 71.7 Å². The van der Waals surface area contributed by atoms with Gasteiger partial charge in [0.2, 0.25) is 0 Å². The summed E-state index contributed by atoms with van der Waals surface area (Å²) in [4.78, 5) is 20.9. The van der Waals surface area contributed by atoms with Gasteiger partial charge in [-0.1, -0.05) is 43.3 Å². The van der Waals surface area contributed by atoms with Gasteiger partial charge in [0.15, 0.2) is 0 Å². The Hall–Kier alpha value is -2.60. The summed E-state index contributed by atoms with van der Waals surface area (Å²) in [5.74, 6) is 0.883. The maximum Gasteiger partial charge on any atom is 0.410 e. The summed E-state index contributed by atoms with van der Waals surface area (Å²) in [6.45, 7) is 6.12. The summed E-state index contributed by atoms with van der Waals surface area (Å²) in [6.07, 6.45) is 3.25. The number of benzene rings is 1. The maximum absolute atomic E-state index is 12.5. The molecule has 2 aliphatic rings. The van der Waals surface area contributed by atoms with Crippen molar-refractivity contribution in [2.75, 3.05) is 31.9 Å². The Labute approximate surface area is 166 Å². The summed E-state index contributed by atoms with van der Waals surface area (Å²) in [5.41, 5.74) is 7.93. The molecule has 28 heavy (non-hydrogen) atoms. The third kappa shape index (κ3) is 3.97. The Bertz CT molecular complexity index is 818. The molecule has 0 aliphatic carbocycles. The number of aromatic nitrogens is 1. The standard InChI is InChI=1S/C22H28N4O2/c1-17(18-6-3-2-4-7-18)14-26-16-22(28-21(26)27)9-12-25(13-10-22)15-19-8-5-11-24-20(19)23/h2-8,11,17H,9-10,12-16H2,1H3,(H2,23,24)/t17-/m0/s1. The average Bonchev–Trinajstić information content (AvgIpc) is 3.01. The number of amides is 1.